The van der Waals surface area contributed by atoms with E-state index in [1.165, 1.54) is 28.6 Å². The van der Waals surface area contributed by atoms with Crippen LogP contribution in [0.3, 0.4) is 0 Å². The molecule has 2 aromatic rings. The van der Waals surface area contributed by atoms with Crippen molar-refractivity contribution in [2.75, 3.05) is 6.61 Å². The van der Waals surface area contributed by atoms with E-state index in [2.05, 4.69) is 0 Å². The molecule has 1 fully saturated rings. The van der Waals surface area contributed by atoms with Gasteiger partial charge < -0.3 is 4.74 Å². The summed E-state index contributed by atoms with van der Waals surface area (Å²) in [5.74, 6) is -0.707. The topological polar surface area (TPSA) is 63.7 Å². The molecule has 0 radical (unpaired) electrons. The molecule has 0 bridgehead atoms. The highest BCUT2D eigenvalue weighted by Crippen LogP contribution is 2.32. The van der Waals surface area contributed by atoms with Crippen LogP contribution in [0.5, 0.6) is 0 Å². The van der Waals surface area contributed by atoms with Crippen molar-refractivity contribution >= 4 is 15.8 Å². The number of ketones is 1. The van der Waals surface area contributed by atoms with Crippen LogP contribution in [0.1, 0.15) is 36.2 Å². The standard InChI is InChI=1S/C21H24FNO4S/c1-14(2)19-13-27-21(12-20(24)16-6-8-17(22)9-7-16)23(19)28(25,26)18-10-4-15(3)5-11-18/h4-11,14,19,21H,12-13H2,1-3H3/t19-,21+/m1/s1. The number of benzene rings is 2. The van der Waals surface area contributed by atoms with Gasteiger partial charge in [0.25, 0.3) is 0 Å². The van der Waals surface area contributed by atoms with E-state index < -0.39 is 22.1 Å². The van der Waals surface area contributed by atoms with E-state index in [-0.39, 0.29) is 35.7 Å². The predicted octanol–water partition coefficient (Wildman–Crippen LogP) is 3.78. The molecule has 2 aromatic carbocycles. The molecule has 7 heteroatoms. The number of carbonyl (C=O) groups is 1. The van der Waals surface area contributed by atoms with Gasteiger partial charge in [0.2, 0.25) is 10.0 Å². The van der Waals surface area contributed by atoms with Gasteiger partial charge in [0.15, 0.2) is 5.78 Å². The van der Waals surface area contributed by atoms with Crippen LogP contribution in [0.25, 0.3) is 0 Å². The first-order chi connectivity index (χ1) is 13.2. The van der Waals surface area contributed by atoms with Gasteiger partial charge in [-0.3, -0.25) is 4.79 Å². The van der Waals surface area contributed by atoms with Gasteiger partial charge in [0.05, 0.1) is 24.0 Å². The van der Waals surface area contributed by atoms with Gasteiger partial charge in [-0.15, -0.1) is 0 Å². The molecule has 0 amide bonds. The van der Waals surface area contributed by atoms with Crippen molar-refractivity contribution in [3.63, 3.8) is 0 Å². The highest BCUT2D eigenvalue weighted by atomic mass is 32.2. The van der Waals surface area contributed by atoms with Crippen LogP contribution in [0.15, 0.2) is 53.4 Å². The van der Waals surface area contributed by atoms with Gasteiger partial charge in [-0.1, -0.05) is 31.5 Å². The van der Waals surface area contributed by atoms with E-state index in [0.29, 0.717) is 5.56 Å². The molecule has 1 heterocycles. The molecule has 0 aliphatic carbocycles. The van der Waals surface area contributed by atoms with E-state index >= 15 is 0 Å². The Labute approximate surface area is 165 Å². The van der Waals surface area contributed by atoms with Gasteiger partial charge in [0.1, 0.15) is 12.0 Å². The molecule has 0 aromatic heterocycles. The van der Waals surface area contributed by atoms with Gasteiger partial charge in [-0.05, 0) is 49.2 Å². The molecule has 0 spiro atoms. The first kappa shape index (κ1) is 20.6. The summed E-state index contributed by atoms with van der Waals surface area (Å²) in [5.41, 5.74) is 1.28. The fraction of sp³-hybridized carbons (Fsp3) is 0.381. The van der Waals surface area contributed by atoms with E-state index in [4.69, 9.17) is 4.74 Å². The summed E-state index contributed by atoms with van der Waals surface area (Å²) in [6, 6.07) is 11.5. The minimum absolute atomic E-state index is 0.0196. The average molecular weight is 405 g/mol. The van der Waals surface area contributed by atoms with Crippen LogP contribution in [0.2, 0.25) is 0 Å². The number of hydrogen-bond acceptors (Lipinski definition) is 4. The fourth-order valence-electron chi connectivity index (χ4n) is 3.28. The SMILES string of the molecule is Cc1ccc(S(=O)(=O)N2[C@H](CC(=O)c3ccc(F)cc3)OC[C@@H]2C(C)C)cc1. The van der Waals surface area contributed by atoms with Crippen LogP contribution in [-0.2, 0) is 14.8 Å². The molecular formula is C21H24FNO4S. The van der Waals surface area contributed by atoms with E-state index in [1.54, 1.807) is 24.3 Å². The van der Waals surface area contributed by atoms with Gasteiger partial charge in [-0.2, -0.15) is 4.31 Å². The van der Waals surface area contributed by atoms with Crippen LogP contribution in [0, 0.1) is 18.7 Å². The highest BCUT2D eigenvalue weighted by Gasteiger charge is 2.45. The quantitative estimate of drug-likeness (QED) is 0.686. The van der Waals surface area contributed by atoms with Gasteiger partial charge >= 0.3 is 0 Å². The van der Waals surface area contributed by atoms with E-state index in [1.807, 2.05) is 20.8 Å². The van der Waals surface area contributed by atoms with E-state index in [9.17, 15) is 17.6 Å². The number of hydrogen-bond donors (Lipinski definition) is 0. The molecule has 0 N–H and O–H groups in total. The number of carbonyl (C=O) groups excluding carboxylic acids is 1. The zero-order valence-electron chi connectivity index (χ0n) is 16.1. The van der Waals surface area contributed by atoms with Crippen molar-refractivity contribution in [1.82, 2.24) is 4.31 Å². The monoisotopic (exact) mass is 405 g/mol. The van der Waals surface area contributed by atoms with Crippen LogP contribution in [0.4, 0.5) is 4.39 Å². The first-order valence-corrected chi connectivity index (χ1v) is 10.6. The summed E-state index contributed by atoms with van der Waals surface area (Å²) >= 11 is 0. The Morgan fingerprint density at radius 2 is 1.75 bits per heavy atom. The third kappa shape index (κ3) is 4.16. The number of halogens is 1. The van der Waals surface area contributed by atoms with Crippen molar-refractivity contribution in [1.29, 1.82) is 0 Å². The summed E-state index contributed by atoms with van der Waals surface area (Å²) < 4.78 is 46.8. The number of aryl methyl sites for hydroxylation is 1. The van der Waals surface area contributed by atoms with Crippen molar-refractivity contribution in [2.45, 2.75) is 44.4 Å². The summed E-state index contributed by atoms with van der Waals surface area (Å²) in [7, 11) is -3.84. The van der Waals surface area contributed by atoms with Crippen LogP contribution < -0.4 is 0 Å². The maximum Gasteiger partial charge on any atom is 0.245 e. The van der Waals surface area contributed by atoms with E-state index in [0.717, 1.165) is 5.56 Å². The van der Waals surface area contributed by atoms with Crippen molar-refractivity contribution < 1.29 is 22.3 Å². The van der Waals surface area contributed by atoms with Gasteiger partial charge in [-0.25, -0.2) is 12.8 Å². The molecule has 5 nitrogen and oxygen atoms in total. The molecule has 150 valence electrons. The summed E-state index contributed by atoms with van der Waals surface area (Å²) in [5, 5.41) is 0. The molecule has 0 unspecified atom stereocenters. The van der Waals surface area contributed by atoms with Crippen molar-refractivity contribution in [2.24, 2.45) is 5.92 Å². The second-order valence-corrected chi connectivity index (χ2v) is 9.22. The Kier molecular flexibility index (Phi) is 5.98. The number of ether oxygens (including phenoxy) is 1. The molecule has 1 saturated heterocycles. The third-order valence-corrected chi connectivity index (χ3v) is 6.89. The second-order valence-electron chi connectivity index (χ2n) is 7.38. The third-order valence-electron chi connectivity index (χ3n) is 4.96. The molecular weight excluding hydrogens is 381 g/mol. The molecule has 2 atom stereocenters. The van der Waals surface area contributed by atoms with Crippen molar-refractivity contribution in [3.8, 4) is 0 Å². The molecule has 1 aliphatic rings. The lowest BCUT2D eigenvalue weighted by molar-refractivity contribution is 0.0536. The fourth-order valence-corrected chi connectivity index (χ4v) is 5.11. The molecule has 1 aliphatic heterocycles. The Morgan fingerprint density at radius 3 is 2.32 bits per heavy atom. The second kappa shape index (κ2) is 8.11. The number of Topliss-reactive ketones (excluding diaryl/α,β-unsaturated/α-hetero) is 1. The molecule has 28 heavy (non-hydrogen) atoms. The Hall–Kier alpha value is -2.09. The average Bonchev–Trinajstić information content (AvgIpc) is 3.07. The summed E-state index contributed by atoms with van der Waals surface area (Å²) in [6.07, 6.45) is -1.02. The maximum atomic E-state index is 13.3. The zero-order valence-corrected chi connectivity index (χ0v) is 16.9. The van der Waals surface area contributed by atoms with Crippen molar-refractivity contribution in [3.05, 3.63) is 65.5 Å². The van der Waals surface area contributed by atoms with Crippen LogP contribution >= 0.6 is 0 Å². The van der Waals surface area contributed by atoms with Crippen LogP contribution in [-0.4, -0.2) is 37.4 Å². The Bertz CT molecular complexity index is 939. The predicted molar refractivity (Wildman–Crippen MR) is 104 cm³/mol. The molecule has 0 saturated carbocycles. The largest absolute Gasteiger partial charge is 0.360 e. The summed E-state index contributed by atoms with van der Waals surface area (Å²) in [4.78, 5) is 12.8. The highest BCUT2D eigenvalue weighted by molar-refractivity contribution is 7.89. The number of nitrogens with zero attached hydrogens (tertiary/aromatic N) is 1. The normalized spacial score (nSPS) is 20.6. The lowest BCUT2D eigenvalue weighted by Crippen LogP contribution is -2.45. The van der Waals surface area contributed by atoms with Gasteiger partial charge in [0, 0.05) is 5.56 Å². The minimum Gasteiger partial charge on any atom is -0.360 e. The number of rotatable bonds is 6. The Morgan fingerprint density at radius 1 is 1.14 bits per heavy atom. The minimum atomic E-state index is -3.84. The zero-order chi connectivity index (χ0) is 20.5. The lowest BCUT2D eigenvalue weighted by Gasteiger charge is -2.29. The Balaban J connectivity index is 1.90. The first-order valence-electron chi connectivity index (χ1n) is 9.20. The maximum absolute atomic E-state index is 13.3. The number of sulfonamides is 1. The molecule has 3 rings (SSSR count). The lowest BCUT2D eigenvalue weighted by atomic mass is 10.1. The summed E-state index contributed by atoms with van der Waals surface area (Å²) in [6.45, 7) is 5.96. The smallest absolute Gasteiger partial charge is 0.245 e.